The number of halogens is 7. The quantitative estimate of drug-likeness (QED) is 0.526. The molecule has 1 aliphatic rings. The van der Waals surface area contributed by atoms with Crippen molar-refractivity contribution in [2.24, 2.45) is 7.05 Å². The monoisotopic (exact) mass is 495 g/mol. The van der Waals surface area contributed by atoms with Gasteiger partial charge >= 0.3 is 12.5 Å². The number of rotatable bonds is 3. The Morgan fingerprint density at radius 3 is 2.34 bits per heavy atom. The molecule has 0 aliphatic carbocycles. The summed E-state index contributed by atoms with van der Waals surface area (Å²) < 4.78 is 74.5. The van der Waals surface area contributed by atoms with Crippen molar-refractivity contribution in [1.29, 1.82) is 0 Å². The Labute approximate surface area is 184 Å². The third-order valence-corrected chi connectivity index (χ3v) is 4.80. The lowest BCUT2D eigenvalue weighted by Gasteiger charge is -2.08. The van der Waals surface area contributed by atoms with Crippen LogP contribution in [-0.2, 0) is 13.2 Å². The fourth-order valence-corrected chi connectivity index (χ4v) is 3.40. The number of aromatic nitrogens is 4. The van der Waals surface area contributed by atoms with E-state index in [9.17, 15) is 26.7 Å². The van der Waals surface area contributed by atoms with Crippen LogP contribution in [0.25, 0.3) is 11.3 Å². The normalized spacial score (nSPS) is 14.5. The zero-order valence-electron chi connectivity index (χ0n) is 15.5. The first-order chi connectivity index (χ1) is 14.9. The molecule has 1 amide bonds. The SMILES string of the molecule is Cn1nc(C(F)(F)F)c(Cl)c1C(=O)Nc1cnc(-c2cc3c(cc2Cl)OC(F)(F)O3)cn1. The summed E-state index contributed by atoms with van der Waals surface area (Å²) in [5.41, 5.74) is -1.63. The summed E-state index contributed by atoms with van der Waals surface area (Å²) in [6.07, 6.45) is -6.44. The average Bonchev–Trinajstić information content (AvgIpc) is 3.15. The van der Waals surface area contributed by atoms with Gasteiger partial charge in [0.05, 0.1) is 23.1 Å². The lowest BCUT2D eigenvalue weighted by molar-refractivity contribution is -0.286. The number of benzene rings is 1. The largest absolute Gasteiger partial charge is 0.586 e. The van der Waals surface area contributed by atoms with E-state index in [0.717, 1.165) is 25.5 Å². The smallest absolute Gasteiger partial charge is 0.395 e. The van der Waals surface area contributed by atoms with E-state index in [1.807, 2.05) is 0 Å². The van der Waals surface area contributed by atoms with E-state index >= 15 is 0 Å². The third-order valence-electron chi connectivity index (χ3n) is 4.13. The molecule has 3 heterocycles. The van der Waals surface area contributed by atoms with Gasteiger partial charge in [0.25, 0.3) is 5.91 Å². The molecule has 0 fully saturated rings. The second kappa shape index (κ2) is 7.45. The highest BCUT2D eigenvalue weighted by atomic mass is 35.5. The van der Waals surface area contributed by atoms with Gasteiger partial charge < -0.3 is 14.8 Å². The summed E-state index contributed by atoms with van der Waals surface area (Å²) in [5, 5.41) is 4.61. The highest BCUT2D eigenvalue weighted by molar-refractivity contribution is 6.35. The van der Waals surface area contributed by atoms with Gasteiger partial charge in [0.1, 0.15) is 10.7 Å². The number of carbonyl (C=O) groups is 1. The molecule has 0 spiro atoms. The Morgan fingerprint density at radius 1 is 1.12 bits per heavy atom. The number of ether oxygens (including phenoxy) is 2. The summed E-state index contributed by atoms with van der Waals surface area (Å²) in [5.74, 6) is -1.66. The van der Waals surface area contributed by atoms with Crippen LogP contribution < -0.4 is 14.8 Å². The van der Waals surface area contributed by atoms with Crippen LogP contribution in [0.4, 0.5) is 27.8 Å². The summed E-state index contributed by atoms with van der Waals surface area (Å²) in [6.45, 7) is 0. The molecule has 32 heavy (non-hydrogen) atoms. The van der Waals surface area contributed by atoms with Gasteiger partial charge in [-0.2, -0.15) is 18.3 Å². The first-order valence-corrected chi connectivity index (χ1v) is 9.14. The first kappa shape index (κ1) is 22.0. The second-order valence-electron chi connectivity index (χ2n) is 6.32. The van der Waals surface area contributed by atoms with Crippen LogP contribution in [0, 0.1) is 0 Å². The maximum absolute atomic E-state index is 13.2. The summed E-state index contributed by atoms with van der Waals surface area (Å²) >= 11 is 11.8. The molecule has 1 aromatic carbocycles. The van der Waals surface area contributed by atoms with Gasteiger partial charge in [0.15, 0.2) is 23.0 Å². The molecule has 2 aromatic heterocycles. The molecule has 4 rings (SSSR count). The van der Waals surface area contributed by atoms with E-state index in [-0.39, 0.29) is 33.6 Å². The lowest BCUT2D eigenvalue weighted by Crippen LogP contribution is -2.25. The average molecular weight is 496 g/mol. The Bertz CT molecular complexity index is 1230. The Balaban J connectivity index is 1.56. The molecule has 0 saturated heterocycles. The molecule has 0 unspecified atom stereocenters. The minimum atomic E-state index is -4.84. The number of fused-ring (bicyclic) bond motifs is 1. The van der Waals surface area contributed by atoms with Crippen LogP contribution in [-0.4, -0.2) is 32.0 Å². The minimum absolute atomic E-state index is 0.0116. The van der Waals surface area contributed by atoms with E-state index in [1.165, 1.54) is 6.07 Å². The number of carbonyl (C=O) groups excluding carboxylic acids is 1. The van der Waals surface area contributed by atoms with Crippen LogP contribution in [0.2, 0.25) is 10.0 Å². The van der Waals surface area contributed by atoms with Crippen LogP contribution in [0.5, 0.6) is 11.5 Å². The zero-order valence-corrected chi connectivity index (χ0v) is 17.0. The van der Waals surface area contributed by atoms with Crippen molar-refractivity contribution < 1.29 is 36.2 Å². The number of hydrogen-bond acceptors (Lipinski definition) is 6. The van der Waals surface area contributed by atoms with Crippen molar-refractivity contribution in [3.8, 4) is 22.8 Å². The van der Waals surface area contributed by atoms with Crippen LogP contribution in [0.1, 0.15) is 16.2 Å². The van der Waals surface area contributed by atoms with Crippen molar-refractivity contribution in [3.63, 3.8) is 0 Å². The van der Waals surface area contributed by atoms with Gasteiger partial charge in [0.2, 0.25) is 0 Å². The Morgan fingerprint density at radius 2 is 1.78 bits per heavy atom. The third kappa shape index (κ3) is 4.00. The van der Waals surface area contributed by atoms with Gasteiger partial charge in [-0.15, -0.1) is 8.78 Å². The topological polar surface area (TPSA) is 91.2 Å². The van der Waals surface area contributed by atoms with Gasteiger partial charge in [-0.05, 0) is 6.07 Å². The molecule has 0 atom stereocenters. The summed E-state index contributed by atoms with van der Waals surface area (Å²) in [7, 11) is 1.12. The molecule has 0 radical (unpaired) electrons. The second-order valence-corrected chi connectivity index (χ2v) is 7.11. The fourth-order valence-electron chi connectivity index (χ4n) is 2.80. The molecular weight excluding hydrogens is 488 g/mol. The number of alkyl halides is 5. The van der Waals surface area contributed by atoms with Crippen LogP contribution >= 0.6 is 23.2 Å². The van der Waals surface area contributed by atoms with Crippen LogP contribution in [0.15, 0.2) is 24.5 Å². The number of hydrogen-bond donors (Lipinski definition) is 1. The van der Waals surface area contributed by atoms with Crippen molar-refractivity contribution >= 4 is 34.9 Å². The zero-order chi connectivity index (χ0) is 23.4. The van der Waals surface area contributed by atoms with Crippen LogP contribution in [0.3, 0.4) is 0 Å². The molecule has 3 aromatic rings. The Hall–Kier alpha value is -3.19. The molecule has 168 valence electrons. The van der Waals surface area contributed by atoms with Crippen molar-refractivity contribution in [2.45, 2.75) is 12.5 Å². The molecule has 8 nitrogen and oxygen atoms in total. The summed E-state index contributed by atoms with van der Waals surface area (Å²) in [4.78, 5) is 20.3. The number of nitrogens with zero attached hydrogens (tertiary/aromatic N) is 4. The summed E-state index contributed by atoms with van der Waals surface area (Å²) in [6, 6.07) is 2.29. The number of nitrogens with one attached hydrogen (secondary N) is 1. The van der Waals surface area contributed by atoms with E-state index in [2.05, 4.69) is 29.9 Å². The number of aryl methyl sites for hydroxylation is 1. The van der Waals surface area contributed by atoms with Crippen molar-refractivity contribution in [2.75, 3.05) is 5.32 Å². The van der Waals surface area contributed by atoms with E-state index in [4.69, 9.17) is 23.2 Å². The first-order valence-electron chi connectivity index (χ1n) is 8.38. The van der Waals surface area contributed by atoms with Gasteiger partial charge in [0, 0.05) is 18.7 Å². The van der Waals surface area contributed by atoms with Crippen molar-refractivity contribution in [3.05, 3.63) is 46.0 Å². The van der Waals surface area contributed by atoms with Gasteiger partial charge in [-0.1, -0.05) is 23.2 Å². The highest BCUT2D eigenvalue weighted by Crippen LogP contribution is 2.45. The number of anilines is 1. The van der Waals surface area contributed by atoms with Gasteiger partial charge in [-0.3, -0.25) is 14.5 Å². The predicted molar refractivity (Wildman–Crippen MR) is 99.9 cm³/mol. The maximum atomic E-state index is 13.2. The van der Waals surface area contributed by atoms with E-state index in [0.29, 0.717) is 4.68 Å². The molecule has 0 saturated carbocycles. The highest BCUT2D eigenvalue weighted by Gasteiger charge is 2.44. The van der Waals surface area contributed by atoms with Gasteiger partial charge in [-0.25, -0.2) is 4.98 Å². The number of amides is 1. The molecule has 15 heteroatoms. The maximum Gasteiger partial charge on any atom is 0.586 e. The predicted octanol–water partition coefficient (Wildman–Crippen LogP) is 4.78. The van der Waals surface area contributed by atoms with E-state index in [1.54, 1.807) is 0 Å². The molecule has 1 aliphatic heterocycles. The Kier molecular flexibility index (Phi) is 5.12. The lowest BCUT2D eigenvalue weighted by atomic mass is 10.1. The molecule has 0 bridgehead atoms. The standard InChI is InChI=1S/C17H8Cl2F5N5O3/c1-29-13(12(19)14(28-29)16(20,21)22)15(30)27-11-5-25-8(4-26-11)6-2-9-10(3-7(6)18)32-17(23,24)31-9/h2-5H,1H3,(H,26,27,30). The minimum Gasteiger partial charge on any atom is -0.395 e. The van der Waals surface area contributed by atoms with Crippen molar-refractivity contribution in [1.82, 2.24) is 19.7 Å². The van der Waals surface area contributed by atoms with E-state index < -0.39 is 34.8 Å². The fraction of sp³-hybridized carbons (Fsp3) is 0.176. The molecular formula is C17H8Cl2F5N5O3. The molecule has 1 N–H and O–H groups in total.